The van der Waals surface area contributed by atoms with Crippen molar-refractivity contribution in [1.82, 2.24) is 10.6 Å². The number of quaternary nitrogens is 2. The summed E-state index contributed by atoms with van der Waals surface area (Å²) >= 11 is 0. The summed E-state index contributed by atoms with van der Waals surface area (Å²) in [5.41, 5.74) is 2.71. The van der Waals surface area contributed by atoms with Crippen LogP contribution >= 0.6 is 0 Å². The zero-order valence-electron chi connectivity index (χ0n) is 16.6. The molecule has 0 radical (unpaired) electrons. The highest BCUT2D eigenvalue weighted by Gasteiger charge is 2.31. The van der Waals surface area contributed by atoms with Gasteiger partial charge in [-0.25, -0.2) is 0 Å². The number of furan rings is 1. The zero-order chi connectivity index (χ0) is 19.9. The van der Waals surface area contributed by atoms with Gasteiger partial charge in [0.1, 0.15) is 6.54 Å². The van der Waals surface area contributed by atoms with Crippen LogP contribution in [0.4, 0.5) is 0 Å². The first-order chi connectivity index (χ1) is 13.5. The normalized spacial score (nSPS) is 17.0. The highest BCUT2D eigenvalue weighted by Crippen LogP contribution is 2.15. The lowest BCUT2D eigenvalue weighted by Crippen LogP contribution is -3.12. The van der Waals surface area contributed by atoms with Crippen LogP contribution in [0, 0.1) is 0 Å². The molecular weight excluding hydrogens is 356 g/mol. The number of hydrogen-bond acceptors (Lipinski definition) is 3. The third-order valence-electron chi connectivity index (χ3n) is 5.21. The molecule has 28 heavy (non-hydrogen) atoms. The maximum atomic E-state index is 12.2. The van der Waals surface area contributed by atoms with E-state index in [-0.39, 0.29) is 6.04 Å². The average Bonchev–Trinajstić information content (AvgIpc) is 3.22. The van der Waals surface area contributed by atoms with Crippen molar-refractivity contribution in [3.8, 4) is 0 Å². The summed E-state index contributed by atoms with van der Waals surface area (Å²) < 4.78 is 5.65. The smallest absolute Gasteiger partial charge is 0.309 e. The average molecular weight is 386 g/mol. The number of rotatable bonds is 7. The van der Waals surface area contributed by atoms with E-state index in [0.717, 1.165) is 31.8 Å². The van der Waals surface area contributed by atoms with Crippen LogP contribution < -0.4 is 20.4 Å². The van der Waals surface area contributed by atoms with Gasteiger partial charge < -0.3 is 24.9 Å². The van der Waals surface area contributed by atoms with Crippen molar-refractivity contribution in [2.24, 2.45) is 0 Å². The number of hydrogen-bond donors (Lipinski definition) is 4. The first-order valence-electron chi connectivity index (χ1n) is 9.84. The van der Waals surface area contributed by atoms with E-state index in [1.807, 2.05) is 26.2 Å². The van der Waals surface area contributed by atoms with Gasteiger partial charge in [-0.15, -0.1) is 0 Å². The Morgan fingerprint density at radius 2 is 1.86 bits per heavy atom. The molecule has 4 N–H and O–H groups in total. The van der Waals surface area contributed by atoms with Gasteiger partial charge in [-0.3, -0.25) is 9.59 Å². The van der Waals surface area contributed by atoms with Crippen LogP contribution in [-0.2, 0) is 22.6 Å². The first-order valence-corrected chi connectivity index (χ1v) is 9.84. The fourth-order valence-electron chi connectivity index (χ4n) is 3.62. The van der Waals surface area contributed by atoms with Crippen LogP contribution in [0.5, 0.6) is 0 Å². The van der Waals surface area contributed by atoms with Crippen LogP contribution in [0.2, 0.25) is 0 Å². The molecule has 2 atom stereocenters. The van der Waals surface area contributed by atoms with Crippen molar-refractivity contribution in [1.29, 1.82) is 0 Å². The molecule has 0 saturated carbocycles. The molecule has 1 aromatic carbocycles. The molecule has 0 aliphatic carbocycles. The van der Waals surface area contributed by atoms with E-state index in [9.17, 15) is 9.59 Å². The summed E-state index contributed by atoms with van der Waals surface area (Å²) in [6.07, 6.45) is 2.64. The summed E-state index contributed by atoms with van der Waals surface area (Å²) in [5.74, 6) is -0.355. The highest BCUT2D eigenvalue weighted by molar-refractivity contribution is 6.35. The van der Waals surface area contributed by atoms with Crippen LogP contribution in [0.3, 0.4) is 0 Å². The van der Waals surface area contributed by atoms with Crippen LogP contribution in [0.15, 0.2) is 47.1 Å². The zero-order valence-corrected chi connectivity index (χ0v) is 16.6. The van der Waals surface area contributed by atoms with Crippen molar-refractivity contribution < 1.29 is 23.8 Å². The van der Waals surface area contributed by atoms with Gasteiger partial charge in [-0.05, 0) is 17.7 Å². The summed E-state index contributed by atoms with van der Waals surface area (Å²) in [5, 5.41) is 5.45. The Bertz CT molecular complexity index is 789. The first kappa shape index (κ1) is 20.1. The highest BCUT2D eigenvalue weighted by atomic mass is 16.3. The van der Waals surface area contributed by atoms with E-state index in [1.54, 1.807) is 6.26 Å². The molecule has 7 heteroatoms. The van der Waals surface area contributed by atoms with E-state index in [0.29, 0.717) is 13.1 Å². The molecule has 1 aliphatic heterocycles. The molecule has 0 bridgehead atoms. The second-order valence-corrected chi connectivity index (χ2v) is 7.59. The monoisotopic (exact) mass is 386 g/mol. The van der Waals surface area contributed by atoms with E-state index in [2.05, 4.69) is 34.9 Å². The van der Waals surface area contributed by atoms with Gasteiger partial charge in [0.05, 0.1) is 46.5 Å². The Labute approximate surface area is 165 Å². The van der Waals surface area contributed by atoms with Crippen molar-refractivity contribution >= 4 is 11.8 Å². The number of carbonyl (C=O) groups excluding carboxylic acids is 2. The second kappa shape index (κ2) is 9.52. The molecule has 0 spiro atoms. The molecule has 0 fully saturated rings. The molecule has 2 aromatic rings. The van der Waals surface area contributed by atoms with Gasteiger partial charge in [-0.1, -0.05) is 24.3 Å². The van der Waals surface area contributed by atoms with Crippen LogP contribution in [-0.4, -0.2) is 52.1 Å². The third-order valence-corrected chi connectivity index (χ3v) is 5.21. The molecule has 2 amide bonds. The number of likely N-dealkylation sites (N-methyl/N-ethyl adjacent to an activating group) is 1. The number of carbonyl (C=O) groups is 2. The lowest BCUT2D eigenvalue weighted by Gasteiger charge is -2.31. The minimum absolute atomic E-state index is 0.0358. The molecule has 3 rings (SSSR count). The predicted molar refractivity (Wildman–Crippen MR) is 105 cm³/mol. The molecule has 1 aromatic heterocycles. The third kappa shape index (κ3) is 5.21. The van der Waals surface area contributed by atoms with Crippen molar-refractivity contribution in [3.63, 3.8) is 0 Å². The maximum absolute atomic E-state index is 12.2. The van der Waals surface area contributed by atoms with Gasteiger partial charge >= 0.3 is 11.8 Å². The lowest BCUT2D eigenvalue weighted by atomic mass is 9.98. The van der Waals surface area contributed by atoms with Crippen molar-refractivity contribution in [2.45, 2.75) is 19.0 Å². The van der Waals surface area contributed by atoms with Gasteiger partial charge in [0.25, 0.3) is 0 Å². The SMILES string of the molecule is C[NH+](C)CCNC(=O)C(=O)NC[C@H](c1ccco1)[NH+]1CCc2ccccc2C1. The fourth-order valence-corrected chi connectivity index (χ4v) is 3.62. The molecule has 7 nitrogen and oxygen atoms in total. The molecule has 2 heterocycles. The predicted octanol–water partition coefficient (Wildman–Crippen LogP) is -1.66. The fraction of sp³-hybridized carbons (Fsp3) is 0.429. The minimum Gasteiger partial charge on any atom is -0.463 e. The van der Waals surface area contributed by atoms with E-state index in [1.165, 1.54) is 20.9 Å². The maximum Gasteiger partial charge on any atom is 0.309 e. The number of benzene rings is 1. The number of amides is 2. The Morgan fingerprint density at radius 3 is 2.57 bits per heavy atom. The topological polar surface area (TPSA) is 80.2 Å². The van der Waals surface area contributed by atoms with Gasteiger partial charge in [0.2, 0.25) is 0 Å². The Balaban J connectivity index is 1.61. The molecule has 0 saturated heterocycles. The largest absolute Gasteiger partial charge is 0.463 e. The van der Waals surface area contributed by atoms with Gasteiger partial charge in [-0.2, -0.15) is 0 Å². The van der Waals surface area contributed by atoms with E-state index in [4.69, 9.17) is 4.42 Å². The van der Waals surface area contributed by atoms with Crippen LogP contribution in [0.25, 0.3) is 0 Å². The Hall–Kier alpha value is -2.64. The van der Waals surface area contributed by atoms with Crippen molar-refractivity contribution in [3.05, 3.63) is 59.5 Å². The number of nitrogens with one attached hydrogen (secondary N) is 4. The Kier molecular flexibility index (Phi) is 6.84. The summed E-state index contributed by atoms with van der Waals surface area (Å²) in [6.45, 7) is 3.43. The molecule has 1 aliphatic rings. The molecule has 150 valence electrons. The lowest BCUT2D eigenvalue weighted by molar-refractivity contribution is -0.946. The number of fused-ring (bicyclic) bond motifs is 1. The summed E-state index contributed by atoms with van der Waals surface area (Å²) in [4.78, 5) is 26.7. The van der Waals surface area contributed by atoms with Crippen LogP contribution in [0.1, 0.15) is 22.9 Å². The van der Waals surface area contributed by atoms with Gasteiger partial charge in [0, 0.05) is 12.0 Å². The Morgan fingerprint density at radius 1 is 1.11 bits per heavy atom. The quantitative estimate of drug-likeness (QED) is 0.430. The van der Waals surface area contributed by atoms with E-state index < -0.39 is 11.8 Å². The minimum atomic E-state index is -0.595. The standard InChI is InChI=1S/C21H28N4O3/c1-24(2)12-10-22-20(26)21(27)23-14-18(19-8-5-13-28-19)25-11-9-16-6-3-4-7-17(16)15-25/h3-8,13,18H,9-12,14-15H2,1-2H3,(H,22,26)(H,23,27)/p+2/t18-/m1/s1. The van der Waals surface area contributed by atoms with Gasteiger partial charge in [0.15, 0.2) is 11.8 Å². The van der Waals surface area contributed by atoms with E-state index >= 15 is 0 Å². The molecule has 1 unspecified atom stereocenters. The van der Waals surface area contributed by atoms with Crippen molar-refractivity contribution in [2.75, 3.05) is 40.3 Å². The second-order valence-electron chi connectivity index (χ2n) is 7.59. The molecular formula is C21H30N4O3+2. The summed E-state index contributed by atoms with van der Waals surface area (Å²) in [7, 11) is 4.00. The summed E-state index contributed by atoms with van der Waals surface area (Å²) in [6, 6.07) is 12.2.